The van der Waals surface area contributed by atoms with Crippen molar-refractivity contribution < 1.29 is 9.84 Å². The molecule has 1 aliphatic heterocycles. The Balaban J connectivity index is 2.58. The van der Waals surface area contributed by atoms with Gasteiger partial charge in [-0.25, -0.2) is 9.59 Å². The molecule has 0 saturated carbocycles. The monoisotopic (exact) mass is 278 g/mol. The number of aromatic nitrogens is 2. The highest BCUT2D eigenvalue weighted by Crippen LogP contribution is 2.26. The quantitative estimate of drug-likeness (QED) is 0.455. The van der Waals surface area contributed by atoms with E-state index < -0.39 is 23.6 Å². The Bertz CT molecular complexity index is 723. The first-order valence-corrected chi connectivity index (χ1v) is 5.72. The number of hydrogen-bond acceptors (Lipinski definition) is 6. The van der Waals surface area contributed by atoms with Crippen molar-refractivity contribution in [3.05, 3.63) is 43.0 Å². The number of aliphatic hydroxyl groups is 1. The first kappa shape index (κ1) is 13.8. The van der Waals surface area contributed by atoms with Crippen molar-refractivity contribution in [1.29, 1.82) is 5.26 Å². The Morgan fingerprint density at radius 3 is 2.90 bits per heavy atom. The molecule has 2 atom stereocenters. The smallest absolute Gasteiger partial charge is 0.394 e. The summed E-state index contributed by atoms with van der Waals surface area (Å²) in [6, 6.07) is 1.63. The van der Waals surface area contributed by atoms with E-state index in [0.717, 1.165) is 10.8 Å². The zero-order chi connectivity index (χ0) is 14.7. The molecule has 1 saturated heterocycles. The highest BCUT2D eigenvalue weighted by Gasteiger charge is 2.29. The second-order valence-electron chi connectivity index (χ2n) is 4.11. The zero-order valence-electron chi connectivity index (χ0n) is 10.2. The van der Waals surface area contributed by atoms with E-state index in [4.69, 9.17) is 20.6 Å². The van der Waals surface area contributed by atoms with E-state index in [1.165, 1.54) is 0 Å². The van der Waals surface area contributed by atoms with E-state index in [2.05, 4.69) is 10.1 Å². The second kappa shape index (κ2) is 5.58. The standard InChI is InChI=1S/C10H10N6O4/c11-3-6-4-15(8-2-1-7(5-17)20-8)10(19)16(9(6)18)14-13-12/h4,7-8,17H,1-2,5H2/t7-,8+/m0/s1. The minimum Gasteiger partial charge on any atom is -0.394 e. The van der Waals surface area contributed by atoms with Gasteiger partial charge in [0.15, 0.2) is 5.56 Å². The number of rotatable bonds is 3. The van der Waals surface area contributed by atoms with Gasteiger partial charge in [0.2, 0.25) is 0 Å². The van der Waals surface area contributed by atoms with Gasteiger partial charge in [0, 0.05) is 6.20 Å². The van der Waals surface area contributed by atoms with Crippen molar-refractivity contribution in [1.82, 2.24) is 9.24 Å². The van der Waals surface area contributed by atoms with Gasteiger partial charge in [0.25, 0.3) is 0 Å². The van der Waals surface area contributed by atoms with Gasteiger partial charge in [-0.1, -0.05) is 4.68 Å². The molecular weight excluding hydrogens is 268 g/mol. The van der Waals surface area contributed by atoms with E-state index in [-0.39, 0.29) is 16.8 Å². The van der Waals surface area contributed by atoms with Gasteiger partial charge >= 0.3 is 11.2 Å². The summed E-state index contributed by atoms with van der Waals surface area (Å²) in [5, 5.41) is 20.9. The Morgan fingerprint density at radius 1 is 1.60 bits per heavy atom. The number of nitrogens with zero attached hydrogens (tertiary/aromatic N) is 6. The zero-order valence-corrected chi connectivity index (χ0v) is 10.2. The third kappa shape index (κ3) is 2.28. The van der Waals surface area contributed by atoms with E-state index in [0.29, 0.717) is 12.8 Å². The maximum Gasteiger partial charge on any atom is 0.428 e. The molecule has 2 heterocycles. The molecule has 1 aliphatic rings. The summed E-state index contributed by atoms with van der Waals surface area (Å²) < 4.78 is 6.69. The summed E-state index contributed by atoms with van der Waals surface area (Å²) in [4.78, 5) is 26.1. The summed E-state index contributed by atoms with van der Waals surface area (Å²) in [6.07, 6.45) is 0.920. The fourth-order valence-electron chi connectivity index (χ4n) is 1.99. The molecule has 0 aliphatic carbocycles. The van der Waals surface area contributed by atoms with Crippen LogP contribution < -0.4 is 11.2 Å². The molecule has 2 rings (SSSR count). The second-order valence-corrected chi connectivity index (χ2v) is 4.11. The minimum absolute atomic E-state index is 0.188. The van der Waals surface area contributed by atoms with Crippen molar-refractivity contribution in [3.8, 4) is 6.07 Å². The van der Waals surface area contributed by atoms with E-state index in [1.807, 2.05) is 0 Å². The average Bonchev–Trinajstić information content (AvgIpc) is 2.92. The molecule has 1 aromatic heterocycles. The first-order valence-electron chi connectivity index (χ1n) is 5.72. The number of nitriles is 1. The Labute approximate surface area is 111 Å². The molecule has 0 bridgehead atoms. The molecule has 1 fully saturated rings. The van der Waals surface area contributed by atoms with Crippen LogP contribution >= 0.6 is 0 Å². The fourth-order valence-corrected chi connectivity index (χ4v) is 1.99. The molecular formula is C10H10N6O4. The lowest BCUT2D eigenvalue weighted by Gasteiger charge is -2.14. The summed E-state index contributed by atoms with van der Waals surface area (Å²) >= 11 is 0. The molecule has 104 valence electrons. The topological polar surface area (TPSA) is 146 Å². The predicted molar refractivity (Wildman–Crippen MR) is 64.5 cm³/mol. The predicted octanol–water partition coefficient (Wildman–Crippen LogP) is -0.375. The Hall–Kier alpha value is -2.60. The number of azide groups is 1. The van der Waals surface area contributed by atoms with Crippen LogP contribution in [0.15, 0.2) is 21.0 Å². The molecule has 10 nitrogen and oxygen atoms in total. The average molecular weight is 278 g/mol. The lowest BCUT2D eigenvalue weighted by molar-refractivity contribution is -0.0252. The third-order valence-corrected chi connectivity index (χ3v) is 2.94. The summed E-state index contributed by atoms with van der Waals surface area (Å²) in [7, 11) is 0. The lowest BCUT2D eigenvalue weighted by Crippen LogP contribution is -2.40. The molecule has 0 aromatic carbocycles. The molecule has 0 amide bonds. The van der Waals surface area contributed by atoms with Crippen LogP contribution in [0.1, 0.15) is 24.6 Å². The summed E-state index contributed by atoms with van der Waals surface area (Å²) in [6.45, 7) is -0.188. The number of aliphatic hydroxyl groups excluding tert-OH is 1. The Kier molecular flexibility index (Phi) is 3.86. The van der Waals surface area contributed by atoms with Gasteiger partial charge in [-0.15, -0.1) is 5.53 Å². The first-order chi connectivity index (χ1) is 9.62. The van der Waals surface area contributed by atoms with Gasteiger partial charge in [-0.05, 0) is 18.1 Å². The van der Waals surface area contributed by atoms with Crippen molar-refractivity contribution in [2.24, 2.45) is 5.22 Å². The van der Waals surface area contributed by atoms with Crippen LogP contribution in [0.2, 0.25) is 0 Å². The van der Waals surface area contributed by atoms with Crippen LogP contribution in [0.5, 0.6) is 0 Å². The minimum atomic E-state index is -0.983. The van der Waals surface area contributed by atoms with Gasteiger partial charge in [-0.2, -0.15) is 10.2 Å². The van der Waals surface area contributed by atoms with E-state index in [1.54, 1.807) is 6.07 Å². The molecule has 20 heavy (non-hydrogen) atoms. The van der Waals surface area contributed by atoms with Gasteiger partial charge in [0.05, 0.1) is 12.7 Å². The highest BCUT2D eigenvalue weighted by molar-refractivity contribution is 5.22. The largest absolute Gasteiger partial charge is 0.428 e. The molecule has 0 unspecified atom stereocenters. The van der Waals surface area contributed by atoms with Crippen LogP contribution in [-0.4, -0.2) is 27.1 Å². The lowest BCUT2D eigenvalue weighted by atomic mass is 10.2. The van der Waals surface area contributed by atoms with E-state index in [9.17, 15) is 9.59 Å². The third-order valence-electron chi connectivity index (χ3n) is 2.94. The summed E-state index contributed by atoms with van der Waals surface area (Å²) in [5.74, 6) is 0. The SMILES string of the molecule is N#Cc1cn([C@H]2CC[C@@H](CO)O2)c(=O)n(N=[N+]=[N-])c1=O. The number of ether oxygens (including phenoxy) is 1. The summed E-state index contributed by atoms with van der Waals surface area (Å²) in [5.41, 5.74) is 6.16. The van der Waals surface area contributed by atoms with Gasteiger partial charge < -0.3 is 9.84 Å². The van der Waals surface area contributed by atoms with Crippen LogP contribution in [0.3, 0.4) is 0 Å². The van der Waals surface area contributed by atoms with Crippen molar-refractivity contribution in [2.75, 3.05) is 6.61 Å². The molecule has 10 heteroatoms. The highest BCUT2D eigenvalue weighted by atomic mass is 16.5. The van der Waals surface area contributed by atoms with Crippen LogP contribution in [0, 0.1) is 11.3 Å². The number of hydrogen-bond donors (Lipinski definition) is 1. The van der Waals surface area contributed by atoms with Crippen LogP contribution in [0.25, 0.3) is 10.4 Å². The molecule has 1 aromatic rings. The van der Waals surface area contributed by atoms with E-state index >= 15 is 0 Å². The maximum atomic E-state index is 12.0. The van der Waals surface area contributed by atoms with Crippen LogP contribution in [0.4, 0.5) is 0 Å². The Morgan fingerprint density at radius 2 is 2.35 bits per heavy atom. The fraction of sp³-hybridized carbons (Fsp3) is 0.500. The van der Waals surface area contributed by atoms with Gasteiger partial charge in [-0.3, -0.25) is 4.57 Å². The van der Waals surface area contributed by atoms with Gasteiger partial charge in [0.1, 0.15) is 12.3 Å². The van der Waals surface area contributed by atoms with Crippen molar-refractivity contribution in [2.45, 2.75) is 25.2 Å². The molecule has 0 radical (unpaired) electrons. The van der Waals surface area contributed by atoms with Crippen LogP contribution in [-0.2, 0) is 4.74 Å². The maximum absolute atomic E-state index is 12.0. The molecule has 0 spiro atoms. The normalized spacial score (nSPS) is 21.2. The van der Waals surface area contributed by atoms with Crippen molar-refractivity contribution >= 4 is 0 Å². The van der Waals surface area contributed by atoms with Crippen molar-refractivity contribution in [3.63, 3.8) is 0 Å². The molecule has 1 N–H and O–H groups in total.